The van der Waals surface area contributed by atoms with Crippen molar-refractivity contribution in [1.82, 2.24) is 4.90 Å². The van der Waals surface area contributed by atoms with Crippen molar-refractivity contribution < 1.29 is 19.0 Å². The monoisotopic (exact) mass is 292 g/mol. The summed E-state index contributed by atoms with van der Waals surface area (Å²) in [5, 5.41) is 0. The summed E-state index contributed by atoms with van der Waals surface area (Å²) in [4.78, 5) is 14.6. The van der Waals surface area contributed by atoms with Crippen molar-refractivity contribution in [3.8, 4) is 11.5 Å². The molecule has 0 saturated carbocycles. The van der Waals surface area contributed by atoms with Crippen LogP contribution in [0, 0.1) is 0 Å². The number of carbonyl (C=O) groups is 1. The highest BCUT2D eigenvalue weighted by molar-refractivity contribution is 6.01. The Hall–Kier alpha value is -1.79. The van der Waals surface area contributed by atoms with E-state index in [1.54, 1.807) is 12.1 Å². The number of nitrogens with two attached hydrogens (primary N) is 1. The van der Waals surface area contributed by atoms with Gasteiger partial charge in [-0.1, -0.05) is 0 Å². The molecule has 2 aliphatic rings. The van der Waals surface area contributed by atoms with Crippen molar-refractivity contribution in [3.05, 3.63) is 17.7 Å². The fourth-order valence-electron chi connectivity index (χ4n) is 2.57. The van der Waals surface area contributed by atoms with Gasteiger partial charge in [-0.3, -0.25) is 9.69 Å². The van der Waals surface area contributed by atoms with Crippen molar-refractivity contribution >= 4 is 11.5 Å². The van der Waals surface area contributed by atoms with Gasteiger partial charge in [0.1, 0.15) is 13.2 Å². The smallest absolute Gasteiger partial charge is 0.166 e. The lowest BCUT2D eigenvalue weighted by Gasteiger charge is -2.26. The van der Waals surface area contributed by atoms with Crippen molar-refractivity contribution in [3.63, 3.8) is 0 Å². The molecule has 0 aliphatic carbocycles. The summed E-state index contributed by atoms with van der Waals surface area (Å²) in [6.45, 7) is 4.97. The molecule has 0 amide bonds. The topological polar surface area (TPSA) is 74.0 Å². The standard InChI is InChI=1S/C15H20N2O4/c16-12-10-15-14(20-7-8-21-15)9-11(12)13(18)1-2-17-3-5-19-6-4-17/h9-10H,1-8,16H2. The Morgan fingerprint density at radius 1 is 1.10 bits per heavy atom. The van der Waals surface area contributed by atoms with E-state index in [1.807, 2.05) is 0 Å². The van der Waals surface area contributed by atoms with E-state index in [4.69, 9.17) is 19.9 Å². The number of anilines is 1. The summed E-state index contributed by atoms with van der Waals surface area (Å²) < 4.78 is 16.3. The van der Waals surface area contributed by atoms with Gasteiger partial charge in [-0.2, -0.15) is 0 Å². The van der Waals surface area contributed by atoms with Gasteiger partial charge in [0.05, 0.1) is 13.2 Å². The number of rotatable bonds is 4. The number of Topliss-reactive ketones (excluding diaryl/α,β-unsaturated/α-hetero) is 1. The fourth-order valence-corrected chi connectivity index (χ4v) is 2.57. The number of nitrogen functional groups attached to an aromatic ring is 1. The maximum Gasteiger partial charge on any atom is 0.166 e. The molecule has 1 aromatic carbocycles. The second-order valence-corrected chi connectivity index (χ2v) is 5.21. The first-order valence-electron chi connectivity index (χ1n) is 7.26. The quantitative estimate of drug-likeness (QED) is 0.658. The molecule has 1 aromatic rings. The molecule has 0 atom stereocenters. The number of nitrogens with zero attached hydrogens (tertiary/aromatic N) is 1. The van der Waals surface area contributed by atoms with Gasteiger partial charge in [-0.15, -0.1) is 0 Å². The third-order valence-electron chi connectivity index (χ3n) is 3.77. The Kier molecular flexibility index (Phi) is 4.26. The van der Waals surface area contributed by atoms with Crippen LogP contribution in [-0.4, -0.2) is 56.7 Å². The van der Waals surface area contributed by atoms with E-state index >= 15 is 0 Å². The Morgan fingerprint density at radius 2 is 1.76 bits per heavy atom. The predicted molar refractivity (Wildman–Crippen MR) is 78.1 cm³/mol. The van der Waals surface area contributed by atoms with E-state index in [-0.39, 0.29) is 5.78 Å². The van der Waals surface area contributed by atoms with Crippen molar-refractivity contribution in [1.29, 1.82) is 0 Å². The molecule has 2 aliphatic heterocycles. The van der Waals surface area contributed by atoms with E-state index in [9.17, 15) is 4.79 Å². The average Bonchev–Trinajstić information content (AvgIpc) is 2.53. The van der Waals surface area contributed by atoms with Crippen LogP contribution < -0.4 is 15.2 Å². The number of morpholine rings is 1. The van der Waals surface area contributed by atoms with Gasteiger partial charge in [0.25, 0.3) is 0 Å². The van der Waals surface area contributed by atoms with Crippen LogP contribution in [0.4, 0.5) is 5.69 Å². The number of ketones is 1. The zero-order valence-electron chi connectivity index (χ0n) is 12.0. The fraction of sp³-hybridized carbons (Fsp3) is 0.533. The van der Waals surface area contributed by atoms with Crippen LogP contribution in [-0.2, 0) is 4.74 Å². The Labute approximate surface area is 123 Å². The Balaban J connectivity index is 1.66. The largest absolute Gasteiger partial charge is 0.486 e. The molecule has 3 rings (SSSR count). The lowest BCUT2D eigenvalue weighted by molar-refractivity contribution is 0.0370. The molecular weight excluding hydrogens is 272 g/mol. The molecule has 0 unspecified atom stereocenters. The minimum atomic E-state index is 0.0379. The van der Waals surface area contributed by atoms with Crippen LogP contribution in [0.1, 0.15) is 16.8 Å². The third kappa shape index (κ3) is 3.28. The van der Waals surface area contributed by atoms with Crippen LogP contribution >= 0.6 is 0 Å². The number of carbonyl (C=O) groups excluding carboxylic acids is 1. The molecule has 2 N–H and O–H groups in total. The lowest BCUT2D eigenvalue weighted by atomic mass is 10.0. The number of fused-ring (bicyclic) bond motifs is 1. The Morgan fingerprint density at radius 3 is 2.48 bits per heavy atom. The summed E-state index contributed by atoms with van der Waals surface area (Å²) in [6, 6.07) is 3.38. The second-order valence-electron chi connectivity index (χ2n) is 5.21. The maximum absolute atomic E-state index is 12.4. The van der Waals surface area contributed by atoms with Gasteiger partial charge in [0.2, 0.25) is 0 Å². The van der Waals surface area contributed by atoms with Gasteiger partial charge in [0.15, 0.2) is 17.3 Å². The van der Waals surface area contributed by atoms with E-state index in [0.717, 1.165) is 32.8 Å². The molecular formula is C15H20N2O4. The highest BCUT2D eigenvalue weighted by Gasteiger charge is 2.19. The van der Waals surface area contributed by atoms with Crippen LogP contribution in [0.3, 0.4) is 0 Å². The van der Waals surface area contributed by atoms with E-state index in [2.05, 4.69) is 4.90 Å². The summed E-state index contributed by atoms with van der Waals surface area (Å²) in [5.41, 5.74) is 6.94. The summed E-state index contributed by atoms with van der Waals surface area (Å²) in [6.07, 6.45) is 0.448. The maximum atomic E-state index is 12.4. The molecule has 0 bridgehead atoms. The first-order valence-corrected chi connectivity index (χ1v) is 7.26. The lowest BCUT2D eigenvalue weighted by Crippen LogP contribution is -2.37. The number of ether oxygens (including phenoxy) is 3. The Bertz CT molecular complexity index is 527. The minimum absolute atomic E-state index is 0.0379. The minimum Gasteiger partial charge on any atom is -0.486 e. The SMILES string of the molecule is Nc1cc2c(cc1C(=O)CCN1CCOCC1)OCCO2. The molecule has 114 valence electrons. The molecule has 2 heterocycles. The molecule has 6 nitrogen and oxygen atoms in total. The molecule has 6 heteroatoms. The normalized spacial score (nSPS) is 18.5. The van der Waals surface area contributed by atoms with Crippen molar-refractivity contribution in [2.24, 2.45) is 0 Å². The number of hydrogen-bond acceptors (Lipinski definition) is 6. The predicted octanol–water partition coefficient (Wildman–Crippen LogP) is 0.945. The highest BCUT2D eigenvalue weighted by atomic mass is 16.6. The molecule has 0 spiro atoms. The number of hydrogen-bond donors (Lipinski definition) is 1. The average molecular weight is 292 g/mol. The summed E-state index contributed by atoms with van der Waals surface area (Å²) in [5.74, 6) is 1.25. The van der Waals surface area contributed by atoms with E-state index < -0.39 is 0 Å². The van der Waals surface area contributed by atoms with Crippen LogP contribution in [0.2, 0.25) is 0 Å². The van der Waals surface area contributed by atoms with E-state index in [1.165, 1.54) is 0 Å². The molecule has 0 radical (unpaired) electrons. The second kappa shape index (κ2) is 6.32. The molecule has 21 heavy (non-hydrogen) atoms. The molecule has 0 aromatic heterocycles. The van der Waals surface area contributed by atoms with Gasteiger partial charge in [-0.05, 0) is 6.07 Å². The van der Waals surface area contributed by atoms with E-state index in [0.29, 0.717) is 42.4 Å². The first-order chi connectivity index (χ1) is 10.2. The zero-order chi connectivity index (χ0) is 14.7. The van der Waals surface area contributed by atoms with Gasteiger partial charge >= 0.3 is 0 Å². The van der Waals surface area contributed by atoms with Gasteiger partial charge in [0, 0.05) is 43.4 Å². The zero-order valence-corrected chi connectivity index (χ0v) is 12.0. The summed E-state index contributed by atoms with van der Waals surface area (Å²) in [7, 11) is 0. The molecule has 1 saturated heterocycles. The molecule has 1 fully saturated rings. The van der Waals surface area contributed by atoms with Crippen molar-refractivity contribution in [2.75, 3.05) is 51.8 Å². The van der Waals surface area contributed by atoms with Gasteiger partial charge < -0.3 is 19.9 Å². The van der Waals surface area contributed by atoms with Gasteiger partial charge in [-0.25, -0.2) is 0 Å². The van der Waals surface area contributed by atoms with Crippen LogP contribution in [0.15, 0.2) is 12.1 Å². The van der Waals surface area contributed by atoms with Crippen molar-refractivity contribution in [2.45, 2.75) is 6.42 Å². The highest BCUT2D eigenvalue weighted by Crippen LogP contribution is 2.34. The number of benzene rings is 1. The third-order valence-corrected chi connectivity index (χ3v) is 3.77. The first kappa shape index (κ1) is 14.2. The van der Waals surface area contributed by atoms with Crippen LogP contribution in [0.5, 0.6) is 11.5 Å². The van der Waals surface area contributed by atoms with Crippen LogP contribution in [0.25, 0.3) is 0 Å². The summed E-state index contributed by atoms with van der Waals surface area (Å²) >= 11 is 0.